The van der Waals surface area contributed by atoms with Gasteiger partial charge < -0.3 is 14.7 Å². The first-order valence-corrected chi connectivity index (χ1v) is 4.90. The Morgan fingerprint density at radius 3 is 2.67 bits per heavy atom. The maximum atomic E-state index is 11.6. The fourth-order valence-corrected chi connectivity index (χ4v) is 1.89. The highest BCUT2D eigenvalue weighted by molar-refractivity contribution is 5.86. The van der Waals surface area contributed by atoms with Gasteiger partial charge in [0.25, 0.3) is 0 Å². The molecule has 1 atom stereocenters. The van der Waals surface area contributed by atoms with Crippen molar-refractivity contribution in [3.8, 4) is 0 Å². The van der Waals surface area contributed by atoms with Gasteiger partial charge in [0.2, 0.25) is 5.91 Å². The van der Waals surface area contributed by atoms with Crippen LogP contribution in [0.15, 0.2) is 0 Å². The first kappa shape index (κ1) is 12.0. The highest BCUT2D eigenvalue weighted by atomic mass is 16.5. The third-order valence-electron chi connectivity index (χ3n) is 2.70. The molecule has 15 heavy (non-hydrogen) atoms. The van der Waals surface area contributed by atoms with E-state index in [0.717, 1.165) is 0 Å². The molecule has 1 aliphatic rings. The molecule has 1 saturated heterocycles. The Balaban J connectivity index is 2.72. The summed E-state index contributed by atoms with van der Waals surface area (Å²) in [6, 6.07) is 0. The number of hydrogen-bond donors (Lipinski definition) is 1. The van der Waals surface area contributed by atoms with Crippen LogP contribution in [0, 0.1) is 5.92 Å². The van der Waals surface area contributed by atoms with Gasteiger partial charge in [-0.15, -0.1) is 0 Å². The van der Waals surface area contributed by atoms with Gasteiger partial charge in [-0.05, 0) is 13.8 Å². The number of methoxy groups -OCH3 is 1. The fourth-order valence-electron chi connectivity index (χ4n) is 1.89. The zero-order valence-corrected chi connectivity index (χ0v) is 9.32. The Morgan fingerprint density at radius 1 is 1.67 bits per heavy atom. The molecule has 0 spiro atoms. The van der Waals surface area contributed by atoms with Crippen molar-refractivity contribution < 1.29 is 19.4 Å². The molecular formula is C10H17NO4. The van der Waals surface area contributed by atoms with Crippen LogP contribution in [0.25, 0.3) is 0 Å². The number of nitrogens with zero attached hydrogens (tertiary/aromatic N) is 1. The summed E-state index contributed by atoms with van der Waals surface area (Å²) in [5.41, 5.74) is -0.434. The van der Waals surface area contributed by atoms with Crippen LogP contribution < -0.4 is 0 Å². The molecule has 0 aromatic rings. The van der Waals surface area contributed by atoms with Crippen molar-refractivity contribution in [2.45, 2.75) is 25.8 Å². The lowest BCUT2D eigenvalue weighted by molar-refractivity contribution is -0.141. The predicted octanol–water partition coefficient (Wildman–Crippen LogP) is 0.344. The van der Waals surface area contributed by atoms with Crippen LogP contribution in [0.3, 0.4) is 0 Å². The summed E-state index contributed by atoms with van der Waals surface area (Å²) in [5, 5.41) is 8.83. The molecule has 1 amide bonds. The van der Waals surface area contributed by atoms with Crippen molar-refractivity contribution in [1.82, 2.24) is 4.90 Å². The number of rotatable bonds is 4. The third-order valence-corrected chi connectivity index (χ3v) is 2.70. The Labute approximate surface area is 89.0 Å². The van der Waals surface area contributed by atoms with E-state index in [0.29, 0.717) is 6.61 Å². The van der Waals surface area contributed by atoms with Crippen LogP contribution in [0.2, 0.25) is 0 Å². The maximum Gasteiger partial charge on any atom is 0.308 e. The normalized spacial score (nSPS) is 22.2. The first-order chi connectivity index (χ1) is 6.88. The van der Waals surface area contributed by atoms with E-state index >= 15 is 0 Å². The highest BCUT2D eigenvalue weighted by Crippen LogP contribution is 2.26. The lowest BCUT2D eigenvalue weighted by Crippen LogP contribution is -2.48. The SMILES string of the molecule is COCC(C)(C)N1CC(C(=O)O)CC1=O. The van der Waals surface area contributed by atoms with E-state index in [1.54, 1.807) is 12.0 Å². The second-order valence-electron chi connectivity index (χ2n) is 4.49. The molecule has 0 aromatic carbocycles. The molecule has 5 heteroatoms. The van der Waals surface area contributed by atoms with Crippen molar-refractivity contribution in [1.29, 1.82) is 0 Å². The van der Waals surface area contributed by atoms with Crippen molar-refractivity contribution in [2.75, 3.05) is 20.3 Å². The number of carbonyl (C=O) groups excluding carboxylic acids is 1. The van der Waals surface area contributed by atoms with Gasteiger partial charge in [-0.1, -0.05) is 0 Å². The van der Waals surface area contributed by atoms with E-state index in [4.69, 9.17) is 9.84 Å². The number of ether oxygens (including phenoxy) is 1. The first-order valence-electron chi connectivity index (χ1n) is 4.90. The number of likely N-dealkylation sites (tertiary alicyclic amines) is 1. The van der Waals surface area contributed by atoms with Crippen molar-refractivity contribution >= 4 is 11.9 Å². The smallest absolute Gasteiger partial charge is 0.308 e. The van der Waals surface area contributed by atoms with Gasteiger partial charge in [0.1, 0.15) is 0 Å². The summed E-state index contributed by atoms with van der Waals surface area (Å²) in [5.74, 6) is -1.59. The van der Waals surface area contributed by atoms with Crippen molar-refractivity contribution in [2.24, 2.45) is 5.92 Å². The van der Waals surface area contributed by atoms with Crippen LogP contribution >= 0.6 is 0 Å². The minimum Gasteiger partial charge on any atom is -0.481 e. The summed E-state index contributed by atoms with van der Waals surface area (Å²) in [6.07, 6.45) is 0.0997. The van der Waals surface area contributed by atoms with Crippen molar-refractivity contribution in [3.05, 3.63) is 0 Å². The minimum absolute atomic E-state index is 0.0997. The maximum absolute atomic E-state index is 11.6. The van der Waals surface area contributed by atoms with Gasteiger partial charge in [-0.3, -0.25) is 9.59 Å². The van der Waals surface area contributed by atoms with Crippen molar-refractivity contribution in [3.63, 3.8) is 0 Å². The lowest BCUT2D eigenvalue weighted by atomic mass is 10.0. The van der Waals surface area contributed by atoms with E-state index in [1.807, 2.05) is 13.8 Å². The van der Waals surface area contributed by atoms with Gasteiger partial charge in [0.05, 0.1) is 18.1 Å². The summed E-state index contributed by atoms with van der Waals surface area (Å²) >= 11 is 0. The van der Waals surface area contributed by atoms with Gasteiger partial charge in [-0.25, -0.2) is 0 Å². The molecule has 0 bridgehead atoms. The molecule has 1 N–H and O–H groups in total. The quantitative estimate of drug-likeness (QED) is 0.734. The molecular weight excluding hydrogens is 198 g/mol. The molecule has 1 rings (SSSR count). The van der Waals surface area contributed by atoms with Gasteiger partial charge in [-0.2, -0.15) is 0 Å². The molecule has 0 saturated carbocycles. The number of carboxylic acid groups (broad SMARTS) is 1. The summed E-state index contributed by atoms with van der Waals surface area (Å²) in [6.45, 7) is 4.44. The lowest BCUT2D eigenvalue weighted by Gasteiger charge is -2.34. The topological polar surface area (TPSA) is 66.8 Å². The van der Waals surface area contributed by atoms with E-state index < -0.39 is 17.4 Å². The molecule has 0 aromatic heterocycles. The number of aliphatic carboxylic acids is 1. The number of carboxylic acids is 1. The zero-order chi connectivity index (χ0) is 11.6. The van der Waals surface area contributed by atoms with Gasteiger partial charge in [0.15, 0.2) is 0 Å². The minimum atomic E-state index is -0.904. The van der Waals surface area contributed by atoms with Crippen LogP contribution in [0.1, 0.15) is 20.3 Å². The Morgan fingerprint density at radius 2 is 2.27 bits per heavy atom. The Bertz CT molecular complexity index is 275. The van der Waals surface area contributed by atoms with E-state index in [9.17, 15) is 9.59 Å². The van der Waals surface area contributed by atoms with Crippen LogP contribution in [0.4, 0.5) is 0 Å². The molecule has 1 unspecified atom stereocenters. The number of carbonyl (C=O) groups is 2. The van der Waals surface area contributed by atoms with Crippen LogP contribution in [0.5, 0.6) is 0 Å². The highest BCUT2D eigenvalue weighted by Gasteiger charge is 2.41. The third kappa shape index (κ3) is 2.47. The fraction of sp³-hybridized carbons (Fsp3) is 0.800. The molecule has 0 aliphatic carbocycles. The molecule has 0 radical (unpaired) electrons. The molecule has 1 heterocycles. The van der Waals surface area contributed by atoms with E-state index in [1.165, 1.54) is 0 Å². The Hall–Kier alpha value is -1.10. The molecule has 1 fully saturated rings. The summed E-state index contributed by atoms with van der Waals surface area (Å²) in [7, 11) is 1.57. The average molecular weight is 215 g/mol. The van der Waals surface area contributed by atoms with Gasteiger partial charge in [0, 0.05) is 20.1 Å². The zero-order valence-electron chi connectivity index (χ0n) is 9.32. The Kier molecular flexibility index (Phi) is 3.34. The molecule has 86 valence electrons. The monoisotopic (exact) mass is 215 g/mol. The largest absolute Gasteiger partial charge is 0.481 e. The second kappa shape index (κ2) is 4.18. The van der Waals surface area contributed by atoms with Gasteiger partial charge >= 0.3 is 5.97 Å². The predicted molar refractivity (Wildman–Crippen MR) is 53.4 cm³/mol. The van der Waals surface area contributed by atoms with E-state index in [-0.39, 0.29) is 18.9 Å². The standard InChI is InChI=1S/C10H17NO4/c1-10(2,6-15-3)11-5-7(9(13)14)4-8(11)12/h7H,4-6H2,1-3H3,(H,13,14). The average Bonchev–Trinajstić information content (AvgIpc) is 2.47. The summed E-state index contributed by atoms with van der Waals surface area (Å²) < 4.78 is 5.02. The number of amides is 1. The molecule has 1 aliphatic heterocycles. The van der Waals surface area contributed by atoms with E-state index in [2.05, 4.69) is 0 Å². The summed E-state index contributed by atoms with van der Waals surface area (Å²) in [4.78, 5) is 24.0. The van der Waals surface area contributed by atoms with Crippen LogP contribution in [-0.4, -0.2) is 47.7 Å². The number of hydrogen-bond acceptors (Lipinski definition) is 3. The van der Waals surface area contributed by atoms with Crippen LogP contribution in [-0.2, 0) is 14.3 Å². The second-order valence-corrected chi connectivity index (χ2v) is 4.49. The molecule has 5 nitrogen and oxygen atoms in total.